The molecule has 1 aliphatic heterocycles. The normalized spacial score (nSPS) is 15.4. The third-order valence-corrected chi connectivity index (χ3v) is 5.08. The van der Waals surface area contributed by atoms with Gasteiger partial charge in [-0.2, -0.15) is 0 Å². The van der Waals surface area contributed by atoms with E-state index < -0.39 is 0 Å². The van der Waals surface area contributed by atoms with E-state index in [4.69, 9.17) is 16.3 Å². The fourth-order valence-corrected chi connectivity index (χ4v) is 3.49. The molecule has 1 aromatic carbocycles. The number of halogens is 1. The van der Waals surface area contributed by atoms with Gasteiger partial charge in [-0.05, 0) is 12.1 Å². The average Bonchev–Trinajstić information content (AvgIpc) is 3.12. The summed E-state index contributed by atoms with van der Waals surface area (Å²) in [6.45, 7) is 5.30. The summed E-state index contributed by atoms with van der Waals surface area (Å²) in [6, 6.07) is 7.19. The molecule has 5 nitrogen and oxygen atoms in total. The van der Waals surface area contributed by atoms with Crippen molar-refractivity contribution in [3.63, 3.8) is 0 Å². The van der Waals surface area contributed by atoms with Crippen LogP contribution in [0.15, 0.2) is 35.8 Å². The number of nitrogens with zero attached hydrogens (tertiary/aromatic N) is 3. The molecule has 0 atom stereocenters. The molecule has 0 unspecified atom stereocenters. The van der Waals surface area contributed by atoms with E-state index in [1.54, 1.807) is 29.7 Å². The van der Waals surface area contributed by atoms with Crippen LogP contribution in [0.1, 0.15) is 15.4 Å². The van der Waals surface area contributed by atoms with Gasteiger partial charge in [-0.1, -0.05) is 23.7 Å². The molecule has 7 heteroatoms. The first kappa shape index (κ1) is 17.4. The van der Waals surface area contributed by atoms with E-state index in [-0.39, 0.29) is 5.91 Å². The van der Waals surface area contributed by atoms with Gasteiger partial charge in [0.1, 0.15) is 5.01 Å². The summed E-state index contributed by atoms with van der Waals surface area (Å²) in [5, 5.41) is 3.34. The van der Waals surface area contributed by atoms with Gasteiger partial charge in [-0.15, -0.1) is 11.3 Å². The first-order chi connectivity index (χ1) is 11.7. The molecule has 2 heterocycles. The Morgan fingerprint density at radius 2 is 2.12 bits per heavy atom. The minimum absolute atomic E-state index is 0.0518. The van der Waals surface area contributed by atoms with Gasteiger partial charge in [0.05, 0.1) is 30.3 Å². The predicted molar refractivity (Wildman–Crippen MR) is 95.6 cm³/mol. The number of carbonyl (C=O) groups excluding carboxylic acids is 1. The minimum Gasteiger partial charge on any atom is -0.379 e. The van der Waals surface area contributed by atoms with Gasteiger partial charge in [-0.25, -0.2) is 4.98 Å². The highest BCUT2D eigenvalue weighted by molar-refractivity contribution is 7.09. The zero-order valence-corrected chi connectivity index (χ0v) is 14.9. The van der Waals surface area contributed by atoms with E-state index in [1.807, 2.05) is 22.4 Å². The van der Waals surface area contributed by atoms with Crippen LogP contribution in [0.5, 0.6) is 0 Å². The molecule has 0 aliphatic carbocycles. The molecule has 1 fully saturated rings. The van der Waals surface area contributed by atoms with Crippen molar-refractivity contribution in [3.8, 4) is 0 Å². The predicted octanol–water partition coefficient (Wildman–Crippen LogP) is 2.77. The standard InChI is InChI=1S/C17H20ClN3O2S/c18-15-4-2-1-3-14(15)17(22)21(13-16-19-5-12-24-16)7-6-20-8-10-23-11-9-20/h1-5,12H,6-11,13H2. The summed E-state index contributed by atoms with van der Waals surface area (Å²) < 4.78 is 5.38. The van der Waals surface area contributed by atoms with E-state index in [9.17, 15) is 4.79 Å². The summed E-state index contributed by atoms with van der Waals surface area (Å²) >= 11 is 7.76. The lowest BCUT2D eigenvalue weighted by molar-refractivity contribution is 0.0320. The molecule has 24 heavy (non-hydrogen) atoms. The molecule has 1 amide bonds. The number of rotatable bonds is 6. The van der Waals surface area contributed by atoms with Crippen LogP contribution in [0, 0.1) is 0 Å². The number of ether oxygens (including phenoxy) is 1. The summed E-state index contributed by atoms with van der Waals surface area (Å²) in [5.74, 6) is -0.0518. The lowest BCUT2D eigenvalue weighted by atomic mass is 10.2. The molecular weight excluding hydrogens is 346 g/mol. The Bertz CT molecular complexity index is 660. The quantitative estimate of drug-likeness (QED) is 0.789. The van der Waals surface area contributed by atoms with Crippen LogP contribution in [-0.2, 0) is 11.3 Å². The smallest absolute Gasteiger partial charge is 0.255 e. The van der Waals surface area contributed by atoms with E-state index in [0.29, 0.717) is 23.7 Å². The summed E-state index contributed by atoms with van der Waals surface area (Å²) in [4.78, 5) is 21.4. The van der Waals surface area contributed by atoms with Gasteiger partial charge < -0.3 is 9.64 Å². The number of hydrogen-bond acceptors (Lipinski definition) is 5. The lowest BCUT2D eigenvalue weighted by Gasteiger charge is -2.30. The van der Waals surface area contributed by atoms with Gasteiger partial charge in [0.15, 0.2) is 0 Å². The second-order valence-electron chi connectivity index (χ2n) is 5.59. The zero-order chi connectivity index (χ0) is 16.8. The number of benzene rings is 1. The highest BCUT2D eigenvalue weighted by Crippen LogP contribution is 2.19. The molecule has 0 N–H and O–H groups in total. The van der Waals surface area contributed by atoms with Crippen LogP contribution in [0.2, 0.25) is 5.02 Å². The molecule has 1 aromatic heterocycles. The second-order valence-corrected chi connectivity index (χ2v) is 6.97. The maximum Gasteiger partial charge on any atom is 0.255 e. The maximum atomic E-state index is 12.9. The molecule has 128 valence electrons. The number of thiazole rings is 1. The van der Waals surface area contributed by atoms with Crippen molar-refractivity contribution < 1.29 is 9.53 Å². The van der Waals surface area contributed by atoms with Crippen LogP contribution >= 0.6 is 22.9 Å². The van der Waals surface area contributed by atoms with Crippen molar-refractivity contribution in [1.29, 1.82) is 0 Å². The third-order valence-electron chi connectivity index (χ3n) is 3.99. The Labute approximate surface area is 150 Å². The highest BCUT2D eigenvalue weighted by Gasteiger charge is 2.21. The second kappa shape index (κ2) is 8.58. The topological polar surface area (TPSA) is 45.7 Å². The van der Waals surface area contributed by atoms with Gasteiger partial charge in [0.2, 0.25) is 0 Å². The van der Waals surface area contributed by atoms with Gasteiger partial charge in [-0.3, -0.25) is 9.69 Å². The van der Waals surface area contributed by atoms with Crippen molar-refractivity contribution in [2.75, 3.05) is 39.4 Å². The summed E-state index contributed by atoms with van der Waals surface area (Å²) in [6.07, 6.45) is 1.76. The summed E-state index contributed by atoms with van der Waals surface area (Å²) in [7, 11) is 0. The molecule has 2 aromatic rings. The highest BCUT2D eigenvalue weighted by atomic mass is 35.5. The van der Waals surface area contributed by atoms with Crippen LogP contribution in [0.4, 0.5) is 0 Å². The molecule has 0 spiro atoms. The Kier molecular flexibility index (Phi) is 6.20. The molecule has 0 radical (unpaired) electrons. The van der Waals surface area contributed by atoms with Gasteiger partial charge in [0.25, 0.3) is 5.91 Å². The SMILES string of the molecule is O=C(c1ccccc1Cl)N(CCN1CCOCC1)Cc1nccs1. The molecule has 3 rings (SSSR count). The van der Waals surface area contributed by atoms with Gasteiger partial charge >= 0.3 is 0 Å². The van der Waals surface area contributed by atoms with Crippen LogP contribution < -0.4 is 0 Å². The van der Waals surface area contributed by atoms with Crippen molar-refractivity contribution in [2.45, 2.75) is 6.54 Å². The molecule has 0 bridgehead atoms. The molecule has 1 saturated heterocycles. The number of morpholine rings is 1. The molecule has 0 saturated carbocycles. The van der Waals surface area contributed by atoms with Crippen molar-refractivity contribution in [3.05, 3.63) is 51.4 Å². The van der Waals surface area contributed by atoms with Gasteiger partial charge in [0, 0.05) is 37.8 Å². The zero-order valence-electron chi connectivity index (χ0n) is 13.4. The van der Waals surface area contributed by atoms with Crippen molar-refractivity contribution >= 4 is 28.8 Å². The minimum atomic E-state index is -0.0518. The first-order valence-electron chi connectivity index (χ1n) is 7.96. The lowest BCUT2D eigenvalue weighted by Crippen LogP contribution is -2.43. The Morgan fingerprint density at radius 3 is 2.83 bits per heavy atom. The Hall–Kier alpha value is -1.47. The van der Waals surface area contributed by atoms with E-state index in [1.165, 1.54) is 0 Å². The van der Waals surface area contributed by atoms with E-state index >= 15 is 0 Å². The van der Waals surface area contributed by atoms with Crippen LogP contribution in [-0.4, -0.2) is 60.1 Å². The van der Waals surface area contributed by atoms with Crippen molar-refractivity contribution in [1.82, 2.24) is 14.8 Å². The van der Waals surface area contributed by atoms with Crippen LogP contribution in [0.25, 0.3) is 0 Å². The number of amides is 1. The maximum absolute atomic E-state index is 12.9. The summed E-state index contributed by atoms with van der Waals surface area (Å²) in [5.41, 5.74) is 0.540. The molecule has 1 aliphatic rings. The number of aromatic nitrogens is 1. The largest absolute Gasteiger partial charge is 0.379 e. The molecular formula is C17H20ClN3O2S. The van der Waals surface area contributed by atoms with E-state index in [2.05, 4.69) is 9.88 Å². The van der Waals surface area contributed by atoms with E-state index in [0.717, 1.165) is 37.9 Å². The third kappa shape index (κ3) is 4.54. The number of carbonyl (C=O) groups is 1. The Morgan fingerprint density at radius 1 is 1.33 bits per heavy atom. The fraction of sp³-hybridized carbons (Fsp3) is 0.412. The monoisotopic (exact) mass is 365 g/mol. The van der Waals surface area contributed by atoms with Crippen molar-refractivity contribution in [2.24, 2.45) is 0 Å². The van der Waals surface area contributed by atoms with Crippen LogP contribution in [0.3, 0.4) is 0 Å². The fourth-order valence-electron chi connectivity index (χ4n) is 2.64. The average molecular weight is 366 g/mol. The number of hydrogen-bond donors (Lipinski definition) is 0. The first-order valence-corrected chi connectivity index (χ1v) is 9.22. The Balaban J connectivity index is 1.71.